The van der Waals surface area contributed by atoms with Crippen LogP contribution in [0.1, 0.15) is 184 Å². The molecule has 0 amide bonds. The van der Waals surface area contributed by atoms with E-state index in [2.05, 4.69) is 104 Å². The van der Waals surface area contributed by atoms with Gasteiger partial charge in [-0.25, -0.2) is 0 Å². The van der Waals surface area contributed by atoms with Crippen LogP contribution >= 0.6 is 0 Å². The fourth-order valence-electron chi connectivity index (χ4n) is 14.3. The first kappa shape index (κ1) is 51.0. The summed E-state index contributed by atoms with van der Waals surface area (Å²) in [6.45, 7) is 21.4. The van der Waals surface area contributed by atoms with E-state index in [1.54, 1.807) is 0 Å². The number of aromatic hydroxyl groups is 6. The van der Waals surface area contributed by atoms with Crippen molar-refractivity contribution in [2.75, 3.05) is 0 Å². The Bertz CT molecular complexity index is 2640. The Morgan fingerprint density at radius 1 is 0.403 bits per heavy atom. The lowest BCUT2D eigenvalue weighted by Gasteiger charge is -2.63. The number of hydrogen-bond donors (Lipinski definition) is 6. The largest absolute Gasteiger partial charge is 0.508 e. The van der Waals surface area contributed by atoms with Crippen molar-refractivity contribution in [1.29, 1.82) is 0 Å². The summed E-state index contributed by atoms with van der Waals surface area (Å²) in [4.78, 5) is 0. The van der Waals surface area contributed by atoms with Crippen molar-refractivity contribution < 1.29 is 30.6 Å². The molecule has 6 nitrogen and oxygen atoms in total. The van der Waals surface area contributed by atoms with E-state index in [1.165, 1.54) is 17.5 Å². The molecule has 0 aromatic heterocycles. The van der Waals surface area contributed by atoms with Crippen molar-refractivity contribution in [2.45, 2.75) is 156 Å². The molecule has 0 unspecified atom stereocenters. The Kier molecular flexibility index (Phi) is 14.1. The summed E-state index contributed by atoms with van der Waals surface area (Å²) >= 11 is 0. The number of phenolic OH excluding ortho intramolecular Hbond substituents is 6. The second-order valence-electron chi connectivity index (χ2n) is 24.8. The van der Waals surface area contributed by atoms with E-state index < -0.39 is 0 Å². The third-order valence-electron chi connectivity index (χ3n) is 16.8. The van der Waals surface area contributed by atoms with Gasteiger partial charge in [0.1, 0.15) is 34.5 Å². The molecule has 0 saturated heterocycles. The molecular formula is C66H80O6. The molecule has 0 heterocycles. The highest BCUT2D eigenvalue weighted by atomic mass is 16.3. The predicted molar refractivity (Wildman–Crippen MR) is 292 cm³/mol. The minimum atomic E-state index is -0.356. The molecule has 10 rings (SSSR count). The van der Waals surface area contributed by atoms with Crippen LogP contribution in [0.5, 0.6) is 34.5 Å². The molecule has 4 saturated carbocycles. The molecule has 0 spiro atoms. The van der Waals surface area contributed by atoms with Crippen molar-refractivity contribution in [2.24, 2.45) is 35.5 Å². The van der Waals surface area contributed by atoms with Crippen molar-refractivity contribution in [3.05, 3.63) is 175 Å². The van der Waals surface area contributed by atoms with Crippen LogP contribution in [0.4, 0.5) is 0 Å². The van der Waals surface area contributed by atoms with E-state index >= 15 is 0 Å². The van der Waals surface area contributed by atoms with Crippen LogP contribution in [0.3, 0.4) is 0 Å². The highest BCUT2D eigenvalue weighted by molar-refractivity contribution is 5.60. The Hall–Kier alpha value is -5.88. The van der Waals surface area contributed by atoms with Crippen molar-refractivity contribution in [3.63, 3.8) is 0 Å². The molecule has 0 atom stereocenters. The number of hydrogen-bond acceptors (Lipinski definition) is 6. The first-order valence-electron chi connectivity index (χ1n) is 27.1. The average Bonchev–Trinajstić information content (AvgIpc) is 3.29. The Morgan fingerprint density at radius 3 is 0.944 bits per heavy atom. The fraction of sp³-hybridized carbons (Fsp3) is 0.455. The van der Waals surface area contributed by atoms with Gasteiger partial charge in [-0.05, 0) is 215 Å². The first-order chi connectivity index (χ1) is 34.1. The van der Waals surface area contributed by atoms with Crippen LogP contribution in [0.25, 0.3) is 0 Å². The van der Waals surface area contributed by atoms with E-state index in [-0.39, 0.29) is 57.2 Å². The van der Waals surface area contributed by atoms with Gasteiger partial charge in [-0.15, -0.1) is 0 Å². The zero-order valence-corrected chi connectivity index (χ0v) is 44.6. The number of aryl methyl sites for hydroxylation is 2. The molecule has 0 aliphatic heterocycles. The van der Waals surface area contributed by atoms with Crippen LogP contribution in [-0.4, -0.2) is 30.6 Å². The second-order valence-corrected chi connectivity index (χ2v) is 24.8. The van der Waals surface area contributed by atoms with Gasteiger partial charge in [0.2, 0.25) is 0 Å². The average molecular weight is 969 g/mol. The van der Waals surface area contributed by atoms with Crippen molar-refractivity contribution in [3.8, 4) is 34.5 Å². The lowest BCUT2D eigenvalue weighted by atomic mass is 9.41. The maximum Gasteiger partial charge on any atom is 0.122 e. The normalized spacial score (nSPS) is 20.6. The molecule has 4 fully saturated rings. The van der Waals surface area contributed by atoms with Gasteiger partial charge in [-0.2, -0.15) is 0 Å². The monoisotopic (exact) mass is 969 g/mol. The molecule has 0 radical (unpaired) electrons. The highest BCUT2D eigenvalue weighted by Gasteiger charge is 2.59. The Labute approximate surface area is 429 Å². The molecule has 6 aromatic carbocycles. The molecule has 4 aliphatic rings. The summed E-state index contributed by atoms with van der Waals surface area (Å²) in [5.74, 6) is 3.35. The van der Waals surface area contributed by atoms with Gasteiger partial charge in [-0.1, -0.05) is 128 Å². The smallest absolute Gasteiger partial charge is 0.122 e. The van der Waals surface area contributed by atoms with Gasteiger partial charge < -0.3 is 30.6 Å². The maximum atomic E-state index is 12.4. The molecule has 4 aliphatic carbocycles. The van der Waals surface area contributed by atoms with E-state index in [1.807, 2.05) is 62.4 Å². The van der Waals surface area contributed by atoms with Crippen molar-refractivity contribution in [1.82, 2.24) is 0 Å². The van der Waals surface area contributed by atoms with E-state index in [0.717, 1.165) is 125 Å². The predicted octanol–water partition coefficient (Wildman–Crippen LogP) is 15.5. The molecule has 6 heteroatoms. The summed E-state index contributed by atoms with van der Waals surface area (Å²) in [6.07, 6.45) is 9.39. The number of benzene rings is 6. The molecule has 4 bridgehead atoms. The van der Waals surface area contributed by atoms with Crippen LogP contribution < -0.4 is 0 Å². The third kappa shape index (κ3) is 9.96. The van der Waals surface area contributed by atoms with Crippen LogP contribution in [0, 0.1) is 49.4 Å². The van der Waals surface area contributed by atoms with E-state index in [4.69, 9.17) is 0 Å². The Morgan fingerprint density at radius 2 is 0.681 bits per heavy atom. The topological polar surface area (TPSA) is 121 Å². The lowest BCUT2D eigenvalue weighted by Crippen LogP contribution is -2.56. The molecule has 380 valence electrons. The zero-order valence-electron chi connectivity index (χ0n) is 44.6. The number of rotatable bonds is 16. The Balaban J connectivity index is 1.19. The van der Waals surface area contributed by atoms with Gasteiger partial charge in [0.15, 0.2) is 0 Å². The summed E-state index contributed by atoms with van der Waals surface area (Å²) in [5.41, 5.74) is 13.2. The summed E-state index contributed by atoms with van der Waals surface area (Å²) in [7, 11) is 0. The first-order valence-corrected chi connectivity index (χ1v) is 27.1. The van der Waals surface area contributed by atoms with Crippen LogP contribution in [-0.2, 0) is 36.5 Å². The highest BCUT2D eigenvalue weighted by Crippen LogP contribution is 2.67. The summed E-state index contributed by atoms with van der Waals surface area (Å²) < 4.78 is 0. The van der Waals surface area contributed by atoms with Gasteiger partial charge in [0, 0.05) is 23.0 Å². The van der Waals surface area contributed by atoms with Gasteiger partial charge in [-0.3, -0.25) is 0 Å². The van der Waals surface area contributed by atoms with Crippen LogP contribution in [0.2, 0.25) is 0 Å². The summed E-state index contributed by atoms with van der Waals surface area (Å²) in [6, 6.07) is 32.9. The quantitative estimate of drug-likeness (QED) is 0.0538. The molecule has 6 N–H and O–H groups in total. The fourth-order valence-corrected chi connectivity index (χ4v) is 14.3. The lowest BCUT2D eigenvalue weighted by molar-refractivity contribution is -0.0282. The van der Waals surface area contributed by atoms with E-state index in [9.17, 15) is 30.6 Å². The molecule has 72 heavy (non-hydrogen) atoms. The second kappa shape index (κ2) is 19.9. The standard InChI is InChI=1S/C66H80O6/c1-37(2)19-49-26-45(11-15-57(49)67)61(46-12-16-58(68)50(27-46)20-38(3)4)55-30-53(23-41(9)63(55)71)65-32-43-25-44(33-65)35-66(34-43,36-65)54-24-42(10)64(72)56(31-54)62(47-13-17-59(69)51(28-47)21-39(5)6)48-14-18-60(70)52(29-48)22-40(7)8/h11-18,23-24,26-31,37-40,43-44,61-62,67-72H,19-22,25,32-36H2,1-10H3. The van der Waals surface area contributed by atoms with Crippen LogP contribution in [0.15, 0.2) is 97.1 Å². The van der Waals surface area contributed by atoms with Gasteiger partial charge in [0.05, 0.1) is 0 Å². The molecule has 6 aromatic rings. The minimum absolute atomic E-state index is 0.145. The van der Waals surface area contributed by atoms with E-state index in [0.29, 0.717) is 35.5 Å². The minimum Gasteiger partial charge on any atom is -0.508 e. The zero-order chi connectivity index (χ0) is 51.6. The van der Waals surface area contributed by atoms with Gasteiger partial charge in [0.25, 0.3) is 0 Å². The molecular weight excluding hydrogens is 889 g/mol. The summed E-state index contributed by atoms with van der Waals surface area (Å²) in [5, 5.41) is 69.3. The van der Waals surface area contributed by atoms with Gasteiger partial charge >= 0.3 is 0 Å². The SMILES string of the molecule is Cc1cc(C23CC4CC(C2)CC(c2cc(C)c(O)c(C(c5ccc(O)c(CC(C)C)c5)c5ccc(O)c(CC(C)C)c5)c2)(C4)C3)cc(C(c2ccc(O)c(CC(C)C)c2)c2ccc(O)c(CC(C)C)c2)c1O. The third-order valence-corrected chi connectivity index (χ3v) is 16.8. The maximum absolute atomic E-state index is 12.4. The van der Waals surface area contributed by atoms with Crippen molar-refractivity contribution >= 4 is 0 Å². The number of phenols is 6.